The first-order chi connectivity index (χ1) is 9.11. The fraction of sp³-hybridized carbons (Fsp3) is 0.429. The van der Waals surface area contributed by atoms with E-state index in [9.17, 15) is 9.59 Å². The molecule has 0 radical (unpaired) electrons. The van der Waals surface area contributed by atoms with Crippen molar-refractivity contribution in [3.05, 3.63) is 29.8 Å². The summed E-state index contributed by atoms with van der Waals surface area (Å²) in [6.45, 7) is 2.31. The van der Waals surface area contributed by atoms with Crippen molar-refractivity contribution in [2.45, 2.75) is 25.8 Å². The highest BCUT2D eigenvalue weighted by molar-refractivity contribution is 5.89. The van der Waals surface area contributed by atoms with Crippen molar-refractivity contribution in [3.8, 4) is 0 Å². The van der Waals surface area contributed by atoms with Gasteiger partial charge in [-0.2, -0.15) is 0 Å². The lowest BCUT2D eigenvalue weighted by atomic mass is 9.97. The van der Waals surface area contributed by atoms with Gasteiger partial charge in [-0.25, -0.2) is 0 Å². The molecule has 0 bridgehead atoms. The SMILES string of the molecule is CCN(CC(N)=O)C(=O)C1CCc2ccccc2N1. The van der Waals surface area contributed by atoms with Crippen LogP contribution in [0.1, 0.15) is 18.9 Å². The molecule has 1 atom stereocenters. The van der Waals surface area contributed by atoms with E-state index >= 15 is 0 Å². The van der Waals surface area contributed by atoms with Gasteiger partial charge in [-0.05, 0) is 31.4 Å². The van der Waals surface area contributed by atoms with Crippen LogP contribution < -0.4 is 11.1 Å². The smallest absolute Gasteiger partial charge is 0.245 e. The van der Waals surface area contributed by atoms with Gasteiger partial charge in [0, 0.05) is 12.2 Å². The number of hydrogen-bond donors (Lipinski definition) is 2. The standard InChI is InChI=1S/C14H19N3O2/c1-2-17(9-13(15)18)14(19)12-8-7-10-5-3-4-6-11(10)16-12/h3-6,12,16H,2,7-9H2,1H3,(H2,15,18). The monoisotopic (exact) mass is 261 g/mol. The lowest BCUT2D eigenvalue weighted by molar-refractivity contribution is -0.135. The molecule has 0 aliphatic carbocycles. The van der Waals surface area contributed by atoms with Crippen molar-refractivity contribution in [3.63, 3.8) is 0 Å². The van der Waals surface area contributed by atoms with Crippen molar-refractivity contribution in [1.29, 1.82) is 0 Å². The lowest BCUT2D eigenvalue weighted by Crippen LogP contribution is -2.47. The third kappa shape index (κ3) is 3.05. The molecule has 102 valence electrons. The van der Waals surface area contributed by atoms with Gasteiger partial charge in [-0.1, -0.05) is 18.2 Å². The van der Waals surface area contributed by atoms with Gasteiger partial charge in [0.25, 0.3) is 0 Å². The number of anilines is 1. The number of fused-ring (bicyclic) bond motifs is 1. The normalized spacial score (nSPS) is 17.2. The van der Waals surface area contributed by atoms with Gasteiger partial charge in [0.1, 0.15) is 6.04 Å². The highest BCUT2D eigenvalue weighted by Gasteiger charge is 2.27. The minimum Gasteiger partial charge on any atom is -0.373 e. The summed E-state index contributed by atoms with van der Waals surface area (Å²) in [7, 11) is 0. The van der Waals surface area contributed by atoms with Crippen molar-refractivity contribution < 1.29 is 9.59 Å². The quantitative estimate of drug-likeness (QED) is 0.839. The van der Waals surface area contributed by atoms with Crippen LogP contribution in [0.4, 0.5) is 5.69 Å². The zero-order valence-corrected chi connectivity index (χ0v) is 11.1. The predicted octanol–water partition coefficient (Wildman–Crippen LogP) is 0.747. The maximum absolute atomic E-state index is 12.3. The van der Waals surface area contributed by atoms with Crippen LogP contribution in [0.5, 0.6) is 0 Å². The Hall–Kier alpha value is -2.04. The number of aryl methyl sites for hydroxylation is 1. The van der Waals surface area contributed by atoms with Gasteiger partial charge in [0.2, 0.25) is 11.8 Å². The molecule has 1 aromatic carbocycles. The fourth-order valence-corrected chi connectivity index (χ4v) is 2.38. The number of amides is 2. The van der Waals surface area contributed by atoms with E-state index in [1.54, 1.807) is 0 Å². The van der Waals surface area contributed by atoms with Crippen LogP contribution in [0.25, 0.3) is 0 Å². The number of hydrogen-bond acceptors (Lipinski definition) is 3. The molecule has 5 heteroatoms. The van der Waals surface area contributed by atoms with Crippen LogP contribution in [0.3, 0.4) is 0 Å². The zero-order valence-electron chi connectivity index (χ0n) is 11.1. The van der Waals surface area contributed by atoms with Crippen LogP contribution in [0.2, 0.25) is 0 Å². The van der Waals surface area contributed by atoms with Gasteiger partial charge < -0.3 is 16.0 Å². The number of benzene rings is 1. The Bertz CT molecular complexity index is 487. The van der Waals surface area contributed by atoms with Crippen LogP contribution in [0, 0.1) is 0 Å². The number of rotatable bonds is 4. The van der Waals surface area contributed by atoms with E-state index in [0.717, 1.165) is 18.5 Å². The molecule has 1 aliphatic rings. The van der Waals surface area contributed by atoms with E-state index in [2.05, 4.69) is 11.4 Å². The number of likely N-dealkylation sites (N-methyl/N-ethyl adjacent to an activating group) is 1. The van der Waals surface area contributed by atoms with Crippen molar-refractivity contribution in [2.75, 3.05) is 18.4 Å². The fourth-order valence-electron chi connectivity index (χ4n) is 2.38. The van der Waals surface area contributed by atoms with Crippen molar-refractivity contribution >= 4 is 17.5 Å². The molecule has 0 aromatic heterocycles. The van der Waals surface area contributed by atoms with Crippen molar-refractivity contribution in [1.82, 2.24) is 4.90 Å². The number of primary amides is 1. The average molecular weight is 261 g/mol. The number of nitrogens with two attached hydrogens (primary N) is 1. The molecule has 5 nitrogen and oxygen atoms in total. The second-order valence-corrected chi connectivity index (χ2v) is 4.71. The molecule has 1 heterocycles. The summed E-state index contributed by atoms with van der Waals surface area (Å²) >= 11 is 0. The van der Waals surface area contributed by atoms with E-state index in [1.165, 1.54) is 10.5 Å². The molecule has 19 heavy (non-hydrogen) atoms. The average Bonchev–Trinajstić information content (AvgIpc) is 2.43. The Labute approximate surface area is 112 Å². The van der Waals surface area contributed by atoms with Crippen LogP contribution in [-0.4, -0.2) is 35.8 Å². The van der Waals surface area contributed by atoms with E-state index in [4.69, 9.17) is 5.73 Å². The zero-order chi connectivity index (χ0) is 13.8. The summed E-state index contributed by atoms with van der Waals surface area (Å²) in [5.41, 5.74) is 7.39. The summed E-state index contributed by atoms with van der Waals surface area (Å²) in [4.78, 5) is 24.8. The van der Waals surface area contributed by atoms with Gasteiger partial charge >= 0.3 is 0 Å². The van der Waals surface area contributed by atoms with Crippen molar-refractivity contribution in [2.24, 2.45) is 5.73 Å². The molecule has 1 unspecified atom stereocenters. The molecule has 0 saturated carbocycles. The summed E-state index contributed by atoms with van der Waals surface area (Å²) < 4.78 is 0. The van der Waals surface area contributed by atoms with Gasteiger partial charge in [0.15, 0.2) is 0 Å². The van der Waals surface area contributed by atoms with E-state index in [0.29, 0.717) is 6.54 Å². The Balaban J connectivity index is 2.07. The Morgan fingerprint density at radius 2 is 2.16 bits per heavy atom. The maximum Gasteiger partial charge on any atom is 0.245 e. The second kappa shape index (κ2) is 5.73. The third-order valence-electron chi connectivity index (χ3n) is 3.39. The molecule has 2 amide bonds. The molecular weight excluding hydrogens is 242 g/mol. The minimum atomic E-state index is -0.480. The number of nitrogens with zero attached hydrogens (tertiary/aromatic N) is 1. The number of carbonyl (C=O) groups excluding carboxylic acids is 2. The molecule has 1 aliphatic heterocycles. The minimum absolute atomic E-state index is 0.0187. The predicted molar refractivity (Wildman–Crippen MR) is 73.6 cm³/mol. The Morgan fingerprint density at radius 3 is 2.84 bits per heavy atom. The molecule has 0 saturated heterocycles. The highest BCUT2D eigenvalue weighted by atomic mass is 16.2. The molecular formula is C14H19N3O2. The first kappa shape index (κ1) is 13.4. The summed E-state index contributed by atoms with van der Waals surface area (Å²) in [6, 6.07) is 7.70. The molecule has 2 rings (SSSR count). The largest absolute Gasteiger partial charge is 0.373 e. The van der Waals surface area contributed by atoms with Gasteiger partial charge in [-0.15, -0.1) is 0 Å². The number of carbonyl (C=O) groups is 2. The van der Waals surface area contributed by atoms with Crippen LogP contribution in [-0.2, 0) is 16.0 Å². The second-order valence-electron chi connectivity index (χ2n) is 4.71. The maximum atomic E-state index is 12.3. The van der Waals surface area contributed by atoms with Crippen LogP contribution in [0.15, 0.2) is 24.3 Å². The first-order valence-corrected chi connectivity index (χ1v) is 6.53. The molecule has 0 spiro atoms. The lowest BCUT2D eigenvalue weighted by Gasteiger charge is -2.30. The summed E-state index contributed by atoms with van der Waals surface area (Å²) in [5.74, 6) is -0.540. The summed E-state index contributed by atoms with van der Waals surface area (Å²) in [5, 5.41) is 3.24. The third-order valence-corrected chi connectivity index (χ3v) is 3.39. The van der Waals surface area contributed by atoms with Gasteiger partial charge in [-0.3, -0.25) is 9.59 Å². The topological polar surface area (TPSA) is 75.4 Å². The van der Waals surface area contributed by atoms with E-state index in [-0.39, 0.29) is 18.5 Å². The Morgan fingerprint density at radius 1 is 1.42 bits per heavy atom. The van der Waals surface area contributed by atoms with Crippen LogP contribution >= 0.6 is 0 Å². The molecule has 3 N–H and O–H groups in total. The molecule has 1 aromatic rings. The van der Waals surface area contributed by atoms with E-state index in [1.807, 2.05) is 25.1 Å². The first-order valence-electron chi connectivity index (χ1n) is 6.53. The number of nitrogens with one attached hydrogen (secondary N) is 1. The summed E-state index contributed by atoms with van der Waals surface area (Å²) in [6.07, 6.45) is 1.61. The molecule has 0 fully saturated rings. The Kier molecular flexibility index (Phi) is 4.04. The highest BCUT2D eigenvalue weighted by Crippen LogP contribution is 2.24. The van der Waals surface area contributed by atoms with Gasteiger partial charge in [0.05, 0.1) is 6.54 Å². The van der Waals surface area contributed by atoms with E-state index < -0.39 is 5.91 Å². The number of para-hydroxylation sites is 1.